The molecule has 0 aliphatic heterocycles. The number of nitrogens with zero attached hydrogens (tertiary/aromatic N) is 1. The average molecular weight is 495 g/mol. The van der Waals surface area contributed by atoms with E-state index in [9.17, 15) is 13.2 Å². The number of anilines is 1. The van der Waals surface area contributed by atoms with Crippen LogP contribution in [0.25, 0.3) is 0 Å². The number of hydrogen-bond acceptors (Lipinski definition) is 4. The van der Waals surface area contributed by atoms with E-state index in [4.69, 9.17) is 4.74 Å². The predicted molar refractivity (Wildman–Crippen MR) is 140 cm³/mol. The lowest BCUT2D eigenvalue weighted by Gasteiger charge is -2.28. The third-order valence-electron chi connectivity index (χ3n) is 5.82. The molecule has 1 N–H and O–H groups in total. The smallest absolute Gasteiger partial charge is 0.264 e. The molecule has 0 bridgehead atoms. The van der Waals surface area contributed by atoms with Crippen molar-refractivity contribution in [1.29, 1.82) is 0 Å². The molecule has 0 fully saturated rings. The number of benzene rings is 3. The van der Waals surface area contributed by atoms with Gasteiger partial charge in [0.15, 0.2) is 0 Å². The molecule has 3 rings (SSSR count). The summed E-state index contributed by atoms with van der Waals surface area (Å²) in [5, 5.41) is 3.08. The van der Waals surface area contributed by atoms with Gasteiger partial charge in [-0.25, -0.2) is 8.42 Å². The fourth-order valence-electron chi connectivity index (χ4n) is 4.03. The monoisotopic (exact) mass is 494 g/mol. The van der Waals surface area contributed by atoms with Crippen molar-refractivity contribution in [3.63, 3.8) is 0 Å². The zero-order valence-corrected chi connectivity index (χ0v) is 21.6. The van der Waals surface area contributed by atoms with Gasteiger partial charge >= 0.3 is 0 Å². The molecule has 1 atom stereocenters. The van der Waals surface area contributed by atoms with E-state index in [2.05, 4.69) is 19.2 Å². The number of para-hydroxylation sites is 1. The van der Waals surface area contributed by atoms with Crippen molar-refractivity contribution >= 4 is 21.6 Å². The molecule has 0 heterocycles. The number of hydrogen-bond donors (Lipinski definition) is 1. The van der Waals surface area contributed by atoms with E-state index in [1.807, 2.05) is 43.3 Å². The van der Waals surface area contributed by atoms with Gasteiger partial charge in [-0.2, -0.15) is 0 Å². The number of sulfonamides is 1. The van der Waals surface area contributed by atoms with Crippen molar-refractivity contribution in [2.75, 3.05) is 18.0 Å². The number of nitrogens with one attached hydrogen (secondary N) is 1. The van der Waals surface area contributed by atoms with E-state index >= 15 is 0 Å². The highest BCUT2D eigenvalue weighted by Gasteiger charge is 2.29. The Morgan fingerprint density at radius 2 is 1.57 bits per heavy atom. The van der Waals surface area contributed by atoms with Gasteiger partial charge in [0.1, 0.15) is 12.3 Å². The Balaban J connectivity index is 1.94. The summed E-state index contributed by atoms with van der Waals surface area (Å²) in [4.78, 5) is 13.5. The van der Waals surface area contributed by atoms with Crippen LogP contribution in [0.15, 0.2) is 83.8 Å². The molecule has 0 spiro atoms. The molecular weight excluding hydrogens is 460 g/mol. The van der Waals surface area contributed by atoms with Crippen LogP contribution < -0.4 is 14.4 Å². The SMILES string of the molecule is CCc1ccccc1N(CC(=O)N[C@H](CC(C)C)c1ccc(OC)cc1)S(=O)(=O)c1ccccc1. The maximum atomic E-state index is 13.7. The molecule has 0 aliphatic carbocycles. The van der Waals surface area contributed by atoms with E-state index in [1.165, 1.54) is 4.31 Å². The molecule has 3 aromatic rings. The Morgan fingerprint density at radius 1 is 0.943 bits per heavy atom. The summed E-state index contributed by atoms with van der Waals surface area (Å²) >= 11 is 0. The van der Waals surface area contributed by atoms with Crippen molar-refractivity contribution in [1.82, 2.24) is 5.32 Å². The van der Waals surface area contributed by atoms with Crippen LogP contribution in [0.2, 0.25) is 0 Å². The lowest BCUT2D eigenvalue weighted by atomic mass is 9.97. The number of aryl methyl sites for hydroxylation is 1. The quantitative estimate of drug-likeness (QED) is 0.390. The highest BCUT2D eigenvalue weighted by atomic mass is 32.2. The molecule has 35 heavy (non-hydrogen) atoms. The molecule has 3 aromatic carbocycles. The summed E-state index contributed by atoms with van der Waals surface area (Å²) < 4.78 is 33.8. The number of rotatable bonds is 11. The minimum atomic E-state index is -3.96. The lowest BCUT2D eigenvalue weighted by molar-refractivity contribution is -0.120. The molecule has 0 unspecified atom stereocenters. The van der Waals surface area contributed by atoms with Gasteiger partial charge in [-0.1, -0.05) is 69.3 Å². The fraction of sp³-hybridized carbons (Fsp3) is 0.321. The first-order valence-electron chi connectivity index (χ1n) is 11.8. The average Bonchev–Trinajstić information content (AvgIpc) is 2.87. The van der Waals surface area contributed by atoms with Crippen LogP contribution in [0.5, 0.6) is 5.75 Å². The Labute approximate surface area is 209 Å². The van der Waals surface area contributed by atoms with Gasteiger partial charge < -0.3 is 10.1 Å². The molecule has 0 aliphatic rings. The standard InChI is InChI=1S/C28H34N2O4S/c1-5-22-11-9-10-14-27(22)30(35(32,33)25-12-7-6-8-13-25)20-28(31)29-26(19-21(2)3)23-15-17-24(34-4)18-16-23/h6-18,21,26H,5,19-20H2,1-4H3,(H,29,31)/t26-/m1/s1. The van der Waals surface area contributed by atoms with Crippen molar-refractivity contribution in [3.05, 3.63) is 90.0 Å². The number of ether oxygens (including phenoxy) is 1. The van der Waals surface area contributed by atoms with Crippen molar-refractivity contribution in [2.24, 2.45) is 5.92 Å². The Morgan fingerprint density at radius 3 is 2.17 bits per heavy atom. The van der Waals surface area contributed by atoms with Crippen molar-refractivity contribution in [3.8, 4) is 5.75 Å². The summed E-state index contributed by atoms with van der Waals surface area (Å²) in [6.45, 7) is 5.83. The van der Waals surface area contributed by atoms with Crippen molar-refractivity contribution < 1.29 is 17.9 Å². The zero-order chi connectivity index (χ0) is 25.4. The van der Waals surface area contributed by atoms with Crippen LogP contribution in [-0.2, 0) is 21.2 Å². The maximum Gasteiger partial charge on any atom is 0.264 e. The molecule has 7 heteroatoms. The molecule has 186 valence electrons. The third kappa shape index (κ3) is 6.63. The van der Waals surface area contributed by atoms with Gasteiger partial charge in [0.2, 0.25) is 5.91 Å². The minimum Gasteiger partial charge on any atom is -0.497 e. The normalized spacial score (nSPS) is 12.3. The molecule has 1 amide bonds. The van der Waals surface area contributed by atoms with Crippen LogP contribution >= 0.6 is 0 Å². The van der Waals surface area contributed by atoms with Crippen LogP contribution in [0.1, 0.15) is 44.4 Å². The molecule has 6 nitrogen and oxygen atoms in total. The maximum absolute atomic E-state index is 13.7. The first-order valence-corrected chi connectivity index (χ1v) is 13.3. The van der Waals surface area contributed by atoms with E-state index in [-0.39, 0.29) is 23.4 Å². The highest BCUT2D eigenvalue weighted by Crippen LogP contribution is 2.28. The first-order chi connectivity index (χ1) is 16.8. The summed E-state index contributed by atoms with van der Waals surface area (Å²) in [5.74, 6) is 0.698. The molecule has 0 saturated heterocycles. The number of methoxy groups -OCH3 is 1. The molecule has 0 aromatic heterocycles. The molecule has 0 radical (unpaired) electrons. The van der Waals surface area contributed by atoms with Crippen LogP contribution in [0.3, 0.4) is 0 Å². The highest BCUT2D eigenvalue weighted by molar-refractivity contribution is 7.92. The predicted octanol–water partition coefficient (Wildman–Crippen LogP) is 5.36. The Hall–Kier alpha value is -3.32. The second kappa shape index (κ2) is 11.9. The second-order valence-corrected chi connectivity index (χ2v) is 10.7. The summed E-state index contributed by atoms with van der Waals surface area (Å²) in [6, 6.07) is 22.8. The lowest BCUT2D eigenvalue weighted by Crippen LogP contribution is -2.42. The molecular formula is C28H34N2O4S. The van der Waals surface area contributed by atoms with E-state index in [0.29, 0.717) is 18.0 Å². The fourth-order valence-corrected chi connectivity index (χ4v) is 5.51. The van der Waals surface area contributed by atoms with Crippen LogP contribution in [0.4, 0.5) is 5.69 Å². The number of amides is 1. The van der Waals surface area contributed by atoms with Gasteiger partial charge in [-0.3, -0.25) is 9.10 Å². The number of carbonyl (C=O) groups is 1. The van der Waals surface area contributed by atoms with Gasteiger partial charge in [-0.15, -0.1) is 0 Å². The van der Waals surface area contributed by atoms with Gasteiger partial charge in [0.25, 0.3) is 10.0 Å². The molecule has 0 saturated carbocycles. The topological polar surface area (TPSA) is 75.7 Å². The van der Waals surface area contributed by atoms with Gasteiger partial charge in [0, 0.05) is 0 Å². The van der Waals surface area contributed by atoms with Crippen LogP contribution in [0, 0.1) is 5.92 Å². The summed E-state index contributed by atoms with van der Waals surface area (Å²) in [6.07, 6.45) is 1.36. The zero-order valence-electron chi connectivity index (χ0n) is 20.8. The second-order valence-electron chi connectivity index (χ2n) is 8.83. The third-order valence-corrected chi connectivity index (χ3v) is 7.59. The summed E-state index contributed by atoms with van der Waals surface area (Å²) in [7, 11) is -2.35. The Bertz CT molecular complexity index is 1210. The minimum absolute atomic E-state index is 0.146. The van der Waals surface area contributed by atoms with E-state index < -0.39 is 10.0 Å². The van der Waals surface area contributed by atoms with Crippen molar-refractivity contribution in [2.45, 2.75) is 44.6 Å². The first kappa shape index (κ1) is 26.3. The summed E-state index contributed by atoms with van der Waals surface area (Å²) in [5.41, 5.74) is 2.31. The van der Waals surface area contributed by atoms with Gasteiger partial charge in [-0.05, 0) is 60.2 Å². The van der Waals surface area contributed by atoms with E-state index in [1.54, 1.807) is 49.6 Å². The Kier molecular flexibility index (Phi) is 8.93. The van der Waals surface area contributed by atoms with E-state index in [0.717, 1.165) is 23.3 Å². The van der Waals surface area contributed by atoms with Gasteiger partial charge in [0.05, 0.1) is 23.7 Å². The largest absolute Gasteiger partial charge is 0.497 e. The number of carbonyl (C=O) groups excluding carboxylic acids is 1. The van der Waals surface area contributed by atoms with Crippen LogP contribution in [-0.4, -0.2) is 28.0 Å².